The number of benzene rings is 1. The number of carbonyl (C=O) groups is 2. The van der Waals surface area contributed by atoms with Crippen molar-refractivity contribution in [3.05, 3.63) is 29.8 Å². The van der Waals surface area contributed by atoms with Crippen LogP contribution in [-0.4, -0.2) is 42.1 Å². The Labute approximate surface area is 130 Å². The Balaban J connectivity index is 1.96. The molecule has 22 heavy (non-hydrogen) atoms. The van der Waals surface area contributed by atoms with Crippen molar-refractivity contribution in [2.45, 2.75) is 20.3 Å². The number of methoxy groups -OCH3 is 1. The van der Waals surface area contributed by atoms with E-state index in [4.69, 9.17) is 9.84 Å². The highest BCUT2D eigenvalue weighted by Gasteiger charge is 2.37. The largest absolute Gasteiger partial charge is 0.497 e. The second kappa shape index (κ2) is 6.81. The lowest BCUT2D eigenvalue weighted by Crippen LogP contribution is -2.35. The summed E-state index contributed by atoms with van der Waals surface area (Å²) in [5, 5.41) is 9.16. The third-order valence-corrected chi connectivity index (χ3v) is 4.36. The molecule has 1 unspecified atom stereocenters. The first kappa shape index (κ1) is 16.3. The van der Waals surface area contributed by atoms with Crippen LogP contribution < -0.4 is 4.74 Å². The molecule has 3 atom stereocenters. The van der Waals surface area contributed by atoms with Gasteiger partial charge in [-0.25, -0.2) is 0 Å². The van der Waals surface area contributed by atoms with Crippen LogP contribution in [0.3, 0.4) is 0 Å². The predicted molar refractivity (Wildman–Crippen MR) is 82.7 cm³/mol. The number of hydrogen-bond acceptors (Lipinski definition) is 3. The number of carboxylic acid groups (broad SMARTS) is 1. The summed E-state index contributed by atoms with van der Waals surface area (Å²) in [4.78, 5) is 25.3. The minimum atomic E-state index is -0.814. The first-order valence-electron chi connectivity index (χ1n) is 7.57. The van der Waals surface area contributed by atoms with Crippen LogP contribution in [0.25, 0.3) is 0 Å². The van der Waals surface area contributed by atoms with Gasteiger partial charge in [0.15, 0.2) is 0 Å². The minimum Gasteiger partial charge on any atom is -0.497 e. The van der Waals surface area contributed by atoms with Crippen molar-refractivity contribution < 1.29 is 19.4 Å². The van der Waals surface area contributed by atoms with E-state index in [-0.39, 0.29) is 17.7 Å². The van der Waals surface area contributed by atoms with Gasteiger partial charge in [-0.05, 0) is 30.0 Å². The Morgan fingerprint density at radius 1 is 1.32 bits per heavy atom. The maximum atomic E-state index is 12.5. The van der Waals surface area contributed by atoms with Gasteiger partial charge in [0.2, 0.25) is 5.91 Å². The molecule has 1 saturated heterocycles. The molecule has 0 aliphatic carbocycles. The smallest absolute Gasteiger partial charge is 0.308 e. The third kappa shape index (κ3) is 3.59. The van der Waals surface area contributed by atoms with E-state index in [1.165, 1.54) is 0 Å². The number of rotatable bonds is 5. The maximum absolute atomic E-state index is 12.5. The molecule has 1 N–H and O–H groups in total. The van der Waals surface area contributed by atoms with Crippen LogP contribution in [0, 0.1) is 17.8 Å². The molecule has 0 bridgehead atoms. The Morgan fingerprint density at radius 2 is 1.95 bits per heavy atom. The minimum absolute atomic E-state index is 0.00892. The number of aliphatic carboxylic acids is 1. The molecule has 5 heteroatoms. The summed E-state index contributed by atoms with van der Waals surface area (Å²) in [6, 6.07) is 7.67. The second-order valence-electron chi connectivity index (χ2n) is 6.12. The third-order valence-electron chi connectivity index (χ3n) is 4.36. The molecule has 1 aromatic carbocycles. The van der Waals surface area contributed by atoms with Gasteiger partial charge in [0.1, 0.15) is 5.75 Å². The van der Waals surface area contributed by atoms with Crippen molar-refractivity contribution in [3.63, 3.8) is 0 Å². The molecular weight excluding hydrogens is 282 g/mol. The van der Waals surface area contributed by atoms with Crippen molar-refractivity contribution in [1.82, 2.24) is 4.90 Å². The molecule has 1 aliphatic heterocycles. The van der Waals surface area contributed by atoms with Gasteiger partial charge >= 0.3 is 5.97 Å². The summed E-state index contributed by atoms with van der Waals surface area (Å²) in [6.45, 7) is 4.64. The standard InChI is InChI=1S/C17H23NO4/c1-11(8-13-4-6-14(22-3)7-5-13)16(19)18-9-12(2)15(10-18)17(20)21/h4-7,11-12,15H,8-10H2,1-3H3,(H,20,21)/t11?,12-,15-/m1/s1. The topological polar surface area (TPSA) is 66.8 Å². The van der Waals surface area contributed by atoms with Crippen molar-refractivity contribution in [2.75, 3.05) is 20.2 Å². The molecule has 1 amide bonds. The lowest BCUT2D eigenvalue weighted by Gasteiger charge is -2.21. The van der Waals surface area contributed by atoms with Gasteiger partial charge in [-0.3, -0.25) is 9.59 Å². The zero-order valence-corrected chi connectivity index (χ0v) is 13.3. The first-order valence-corrected chi connectivity index (χ1v) is 7.57. The van der Waals surface area contributed by atoms with E-state index >= 15 is 0 Å². The van der Waals surface area contributed by atoms with E-state index < -0.39 is 11.9 Å². The highest BCUT2D eigenvalue weighted by atomic mass is 16.5. The average molecular weight is 305 g/mol. The van der Waals surface area contributed by atoms with E-state index in [1.807, 2.05) is 38.1 Å². The van der Waals surface area contributed by atoms with Crippen LogP contribution in [0.2, 0.25) is 0 Å². The Morgan fingerprint density at radius 3 is 2.45 bits per heavy atom. The molecule has 0 radical (unpaired) electrons. The number of ether oxygens (including phenoxy) is 1. The molecule has 2 rings (SSSR count). The SMILES string of the molecule is COc1ccc(CC(C)C(=O)N2C[C@@H](C)[C@H](C(=O)O)C2)cc1. The van der Waals surface area contributed by atoms with E-state index in [2.05, 4.69) is 0 Å². The lowest BCUT2D eigenvalue weighted by molar-refractivity contribution is -0.142. The number of carbonyl (C=O) groups excluding carboxylic acids is 1. The summed E-state index contributed by atoms with van der Waals surface area (Å²) in [5.41, 5.74) is 1.07. The fourth-order valence-electron chi connectivity index (χ4n) is 2.98. The van der Waals surface area contributed by atoms with Crippen LogP contribution in [-0.2, 0) is 16.0 Å². The number of amides is 1. The highest BCUT2D eigenvalue weighted by Crippen LogP contribution is 2.25. The Kier molecular flexibility index (Phi) is 5.06. The zero-order chi connectivity index (χ0) is 16.3. The van der Waals surface area contributed by atoms with Gasteiger partial charge in [0.25, 0.3) is 0 Å². The molecule has 1 aromatic rings. The number of hydrogen-bond donors (Lipinski definition) is 1. The summed E-state index contributed by atoms with van der Waals surface area (Å²) >= 11 is 0. The quantitative estimate of drug-likeness (QED) is 0.904. The molecule has 0 saturated carbocycles. The summed E-state index contributed by atoms with van der Waals surface area (Å²) in [7, 11) is 1.62. The van der Waals surface area contributed by atoms with Crippen LogP contribution in [0.1, 0.15) is 19.4 Å². The highest BCUT2D eigenvalue weighted by molar-refractivity contribution is 5.81. The molecule has 120 valence electrons. The average Bonchev–Trinajstić information content (AvgIpc) is 2.89. The van der Waals surface area contributed by atoms with E-state index in [1.54, 1.807) is 12.0 Å². The summed E-state index contributed by atoms with van der Waals surface area (Å²) < 4.78 is 5.12. The van der Waals surface area contributed by atoms with Gasteiger partial charge < -0.3 is 14.7 Å². The lowest BCUT2D eigenvalue weighted by atomic mass is 9.99. The van der Waals surface area contributed by atoms with Crippen molar-refractivity contribution >= 4 is 11.9 Å². The van der Waals surface area contributed by atoms with E-state index in [0.717, 1.165) is 11.3 Å². The number of nitrogens with zero attached hydrogens (tertiary/aromatic N) is 1. The number of likely N-dealkylation sites (tertiary alicyclic amines) is 1. The molecule has 5 nitrogen and oxygen atoms in total. The summed E-state index contributed by atoms with van der Waals surface area (Å²) in [5.74, 6) is -0.586. The second-order valence-corrected chi connectivity index (χ2v) is 6.12. The van der Waals surface area contributed by atoms with E-state index in [9.17, 15) is 9.59 Å². The van der Waals surface area contributed by atoms with Crippen LogP contribution >= 0.6 is 0 Å². The summed E-state index contributed by atoms with van der Waals surface area (Å²) in [6.07, 6.45) is 0.644. The van der Waals surface area contributed by atoms with Crippen LogP contribution in [0.4, 0.5) is 0 Å². The molecule has 0 aromatic heterocycles. The Bertz CT molecular complexity index is 540. The van der Waals surface area contributed by atoms with Gasteiger partial charge in [0.05, 0.1) is 13.0 Å². The molecular formula is C17H23NO4. The molecule has 0 spiro atoms. The molecule has 1 aliphatic rings. The normalized spacial score (nSPS) is 22.4. The fraction of sp³-hybridized carbons (Fsp3) is 0.529. The Hall–Kier alpha value is -2.04. The van der Waals surface area contributed by atoms with Gasteiger partial charge in [-0.1, -0.05) is 26.0 Å². The van der Waals surface area contributed by atoms with Gasteiger partial charge in [0, 0.05) is 19.0 Å². The predicted octanol–water partition coefficient (Wildman–Crippen LogP) is 2.05. The molecule has 1 heterocycles. The van der Waals surface area contributed by atoms with Gasteiger partial charge in [-0.15, -0.1) is 0 Å². The fourth-order valence-corrected chi connectivity index (χ4v) is 2.98. The van der Waals surface area contributed by atoms with Gasteiger partial charge in [-0.2, -0.15) is 0 Å². The number of carboxylic acids is 1. The molecule has 1 fully saturated rings. The monoisotopic (exact) mass is 305 g/mol. The van der Waals surface area contributed by atoms with Crippen molar-refractivity contribution in [3.8, 4) is 5.75 Å². The first-order chi connectivity index (χ1) is 10.4. The maximum Gasteiger partial charge on any atom is 0.308 e. The van der Waals surface area contributed by atoms with Crippen LogP contribution in [0.15, 0.2) is 24.3 Å². The van der Waals surface area contributed by atoms with Crippen molar-refractivity contribution in [2.24, 2.45) is 17.8 Å². The van der Waals surface area contributed by atoms with Crippen molar-refractivity contribution in [1.29, 1.82) is 0 Å². The van der Waals surface area contributed by atoms with E-state index in [0.29, 0.717) is 19.5 Å². The van der Waals surface area contributed by atoms with Crippen LogP contribution in [0.5, 0.6) is 5.75 Å². The zero-order valence-electron chi connectivity index (χ0n) is 13.3.